The van der Waals surface area contributed by atoms with E-state index in [2.05, 4.69) is 35.5 Å². The molecule has 1 unspecified atom stereocenters. The first-order chi connectivity index (χ1) is 11.6. The molecule has 5 heteroatoms. The minimum Gasteiger partial charge on any atom is -0.348 e. The SMILES string of the molecule is CCCCCCC(C)NC(=O)c1csc(Nc2cccc(C)c2)n1. The van der Waals surface area contributed by atoms with Gasteiger partial charge in [-0.2, -0.15) is 0 Å². The van der Waals surface area contributed by atoms with Crippen molar-refractivity contribution in [2.24, 2.45) is 0 Å². The van der Waals surface area contributed by atoms with Crippen molar-refractivity contribution in [1.29, 1.82) is 0 Å². The molecule has 130 valence electrons. The van der Waals surface area contributed by atoms with Crippen molar-refractivity contribution < 1.29 is 4.79 Å². The molecule has 2 rings (SSSR count). The van der Waals surface area contributed by atoms with Gasteiger partial charge in [-0.15, -0.1) is 11.3 Å². The zero-order valence-corrected chi connectivity index (χ0v) is 15.6. The van der Waals surface area contributed by atoms with Crippen molar-refractivity contribution in [3.63, 3.8) is 0 Å². The minimum absolute atomic E-state index is 0.0912. The first kappa shape index (κ1) is 18.5. The van der Waals surface area contributed by atoms with Crippen molar-refractivity contribution in [1.82, 2.24) is 10.3 Å². The van der Waals surface area contributed by atoms with Crippen LogP contribution in [-0.4, -0.2) is 16.9 Å². The van der Waals surface area contributed by atoms with Gasteiger partial charge in [0.1, 0.15) is 5.69 Å². The molecule has 1 amide bonds. The van der Waals surface area contributed by atoms with E-state index in [1.54, 1.807) is 5.38 Å². The van der Waals surface area contributed by atoms with Gasteiger partial charge < -0.3 is 10.6 Å². The third kappa shape index (κ3) is 5.96. The van der Waals surface area contributed by atoms with Gasteiger partial charge in [-0.3, -0.25) is 4.79 Å². The fraction of sp³-hybridized carbons (Fsp3) is 0.474. The van der Waals surface area contributed by atoms with Crippen LogP contribution in [0.2, 0.25) is 0 Å². The largest absolute Gasteiger partial charge is 0.348 e. The van der Waals surface area contributed by atoms with Crippen LogP contribution in [0, 0.1) is 6.92 Å². The molecule has 0 aliphatic carbocycles. The summed E-state index contributed by atoms with van der Waals surface area (Å²) in [7, 11) is 0. The number of hydrogen-bond donors (Lipinski definition) is 2. The molecule has 0 fully saturated rings. The molecule has 2 N–H and O–H groups in total. The zero-order valence-electron chi connectivity index (χ0n) is 14.8. The van der Waals surface area contributed by atoms with Gasteiger partial charge in [-0.1, -0.05) is 44.7 Å². The number of anilines is 2. The highest BCUT2D eigenvalue weighted by Gasteiger charge is 2.13. The van der Waals surface area contributed by atoms with Gasteiger partial charge in [-0.05, 0) is 38.0 Å². The van der Waals surface area contributed by atoms with Crippen LogP contribution in [0.15, 0.2) is 29.6 Å². The monoisotopic (exact) mass is 345 g/mol. The van der Waals surface area contributed by atoms with E-state index < -0.39 is 0 Å². The Labute approximate surface area is 148 Å². The highest BCUT2D eigenvalue weighted by molar-refractivity contribution is 7.14. The lowest BCUT2D eigenvalue weighted by atomic mass is 10.1. The summed E-state index contributed by atoms with van der Waals surface area (Å²) in [5.74, 6) is -0.0912. The third-order valence-corrected chi connectivity index (χ3v) is 4.63. The first-order valence-electron chi connectivity index (χ1n) is 8.68. The molecule has 0 radical (unpaired) electrons. The number of thiazole rings is 1. The molecule has 0 saturated carbocycles. The van der Waals surface area contributed by atoms with Crippen LogP contribution >= 0.6 is 11.3 Å². The van der Waals surface area contributed by atoms with Crippen molar-refractivity contribution in [3.8, 4) is 0 Å². The number of carbonyl (C=O) groups is 1. The standard InChI is InChI=1S/C19H27N3OS/c1-4-5-6-7-10-15(3)20-18(23)17-13-24-19(22-17)21-16-11-8-9-14(2)12-16/h8-9,11-13,15H,4-7,10H2,1-3H3,(H,20,23)(H,21,22). The van der Waals surface area contributed by atoms with Crippen molar-refractivity contribution in [2.45, 2.75) is 58.9 Å². The molecule has 1 aromatic carbocycles. The average molecular weight is 346 g/mol. The van der Waals surface area contributed by atoms with Crippen molar-refractivity contribution in [2.75, 3.05) is 5.32 Å². The van der Waals surface area contributed by atoms with Gasteiger partial charge in [0.25, 0.3) is 5.91 Å². The Morgan fingerprint density at radius 1 is 1.29 bits per heavy atom. The van der Waals surface area contributed by atoms with E-state index in [1.165, 1.54) is 36.2 Å². The third-order valence-electron chi connectivity index (χ3n) is 3.87. The normalized spacial score (nSPS) is 12.0. The number of amides is 1. The van der Waals surface area contributed by atoms with E-state index in [9.17, 15) is 4.79 Å². The summed E-state index contributed by atoms with van der Waals surface area (Å²) in [6.45, 7) is 6.31. The fourth-order valence-electron chi connectivity index (χ4n) is 2.53. The van der Waals surface area contributed by atoms with Gasteiger partial charge >= 0.3 is 0 Å². The molecule has 24 heavy (non-hydrogen) atoms. The van der Waals surface area contributed by atoms with Crippen molar-refractivity contribution in [3.05, 3.63) is 40.9 Å². The van der Waals surface area contributed by atoms with Crippen LogP contribution in [0.4, 0.5) is 10.8 Å². The Balaban J connectivity index is 1.84. The molecule has 0 bridgehead atoms. The summed E-state index contributed by atoms with van der Waals surface area (Å²) >= 11 is 1.45. The Morgan fingerprint density at radius 2 is 2.12 bits per heavy atom. The van der Waals surface area contributed by atoms with E-state index in [-0.39, 0.29) is 11.9 Å². The van der Waals surface area contributed by atoms with E-state index >= 15 is 0 Å². The maximum absolute atomic E-state index is 12.3. The van der Waals surface area contributed by atoms with E-state index in [0.29, 0.717) is 5.69 Å². The van der Waals surface area contributed by atoms with Crippen LogP contribution in [0.3, 0.4) is 0 Å². The maximum Gasteiger partial charge on any atom is 0.271 e. The highest BCUT2D eigenvalue weighted by atomic mass is 32.1. The number of nitrogens with one attached hydrogen (secondary N) is 2. The summed E-state index contributed by atoms with van der Waals surface area (Å²) in [4.78, 5) is 16.7. The Bertz CT molecular complexity index is 654. The molecule has 0 aliphatic rings. The Kier molecular flexibility index (Phi) is 7.25. The number of rotatable bonds is 9. The lowest BCUT2D eigenvalue weighted by molar-refractivity contribution is 0.0933. The van der Waals surface area contributed by atoms with Gasteiger partial charge in [0.15, 0.2) is 5.13 Å². The highest BCUT2D eigenvalue weighted by Crippen LogP contribution is 2.21. The number of nitrogens with zero attached hydrogens (tertiary/aromatic N) is 1. The van der Waals surface area contributed by atoms with Gasteiger partial charge in [0.05, 0.1) is 0 Å². The van der Waals surface area contributed by atoms with Crippen LogP contribution in [-0.2, 0) is 0 Å². The lowest BCUT2D eigenvalue weighted by Crippen LogP contribution is -2.32. The predicted molar refractivity (Wildman–Crippen MR) is 102 cm³/mol. The molecule has 1 aromatic heterocycles. The average Bonchev–Trinajstić information content (AvgIpc) is 3.00. The lowest BCUT2D eigenvalue weighted by Gasteiger charge is -2.12. The topological polar surface area (TPSA) is 54.0 Å². The number of unbranched alkanes of at least 4 members (excludes halogenated alkanes) is 3. The molecular formula is C19H27N3OS. The molecule has 2 aromatic rings. The zero-order chi connectivity index (χ0) is 17.4. The van der Waals surface area contributed by atoms with E-state index in [1.807, 2.05) is 25.1 Å². The molecule has 0 aliphatic heterocycles. The molecule has 1 atom stereocenters. The summed E-state index contributed by atoms with van der Waals surface area (Å²) in [6, 6.07) is 8.28. The number of aromatic nitrogens is 1. The maximum atomic E-state index is 12.3. The predicted octanol–water partition coefficient (Wildman–Crippen LogP) is 5.28. The first-order valence-corrected chi connectivity index (χ1v) is 9.56. The van der Waals surface area contributed by atoms with Gasteiger partial charge in [-0.25, -0.2) is 4.98 Å². The number of benzene rings is 1. The number of aryl methyl sites for hydroxylation is 1. The summed E-state index contributed by atoms with van der Waals surface area (Å²) < 4.78 is 0. The number of carbonyl (C=O) groups excluding carboxylic acids is 1. The second-order valence-corrected chi connectivity index (χ2v) is 7.11. The van der Waals surface area contributed by atoms with E-state index in [4.69, 9.17) is 0 Å². The van der Waals surface area contributed by atoms with Gasteiger partial charge in [0, 0.05) is 17.1 Å². The van der Waals surface area contributed by atoms with Crippen LogP contribution < -0.4 is 10.6 Å². The van der Waals surface area contributed by atoms with Gasteiger partial charge in [0.2, 0.25) is 0 Å². The minimum atomic E-state index is -0.0912. The Hall–Kier alpha value is -1.88. The second-order valence-electron chi connectivity index (χ2n) is 6.26. The van der Waals surface area contributed by atoms with Crippen molar-refractivity contribution >= 4 is 28.1 Å². The molecular weight excluding hydrogens is 318 g/mol. The molecule has 4 nitrogen and oxygen atoms in total. The molecule has 0 spiro atoms. The van der Waals surface area contributed by atoms with Crippen LogP contribution in [0.5, 0.6) is 0 Å². The molecule has 0 saturated heterocycles. The van der Waals surface area contributed by atoms with E-state index in [0.717, 1.165) is 23.7 Å². The summed E-state index contributed by atoms with van der Waals surface area (Å²) in [6.07, 6.45) is 5.91. The molecule has 1 heterocycles. The smallest absolute Gasteiger partial charge is 0.271 e. The fourth-order valence-corrected chi connectivity index (χ4v) is 3.24. The van der Waals surface area contributed by atoms with Crippen LogP contribution in [0.25, 0.3) is 0 Å². The van der Waals surface area contributed by atoms with Crippen LogP contribution in [0.1, 0.15) is 62.0 Å². The second kappa shape index (κ2) is 9.42. The summed E-state index contributed by atoms with van der Waals surface area (Å²) in [5, 5.41) is 8.83. The Morgan fingerprint density at radius 3 is 2.88 bits per heavy atom. The number of hydrogen-bond acceptors (Lipinski definition) is 4. The quantitative estimate of drug-likeness (QED) is 0.608. The summed E-state index contributed by atoms with van der Waals surface area (Å²) in [5.41, 5.74) is 2.66.